The van der Waals surface area contributed by atoms with Crippen LogP contribution in [-0.4, -0.2) is 43.2 Å². The number of ketones is 1. The van der Waals surface area contributed by atoms with Crippen molar-refractivity contribution in [2.75, 3.05) is 20.3 Å². The molecule has 0 atom stereocenters. The van der Waals surface area contributed by atoms with Gasteiger partial charge in [0.25, 0.3) is 0 Å². The van der Waals surface area contributed by atoms with Crippen molar-refractivity contribution in [2.45, 2.75) is 13.8 Å². The van der Waals surface area contributed by atoms with E-state index in [1.807, 2.05) is 6.07 Å². The van der Waals surface area contributed by atoms with Gasteiger partial charge in [-0.05, 0) is 26.0 Å². The minimum absolute atomic E-state index is 0.0666. The fraction of sp³-hybridized carbons (Fsp3) is 0.208. The first-order valence-electron chi connectivity index (χ1n) is 9.29. The van der Waals surface area contributed by atoms with Gasteiger partial charge in [0.15, 0.2) is 5.78 Å². The van der Waals surface area contributed by atoms with Crippen molar-refractivity contribution in [2.24, 2.45) is 0 Å². The van der Waals surface area contributed by atoms with Crippen molar-refractivity contribution >= 4 is 17.7 Å². The molecule has 0 bridgehead atoms. The average molecular weight is 426 g/mol. The van der Waals surface area contributed by atoms with Gasteiger partial charge >= 0.3 is 11.9 Å². The minimum Gasteiger partial charge on any atom is -0.507 e. The number of esters is 2. The van der Waals surface area contributed by atoms with Crippen LogP contribution >= 0.6 is 0 Å². The third-order valence-corrected chi connectivity index (χ3v) is 3.72. The van der Waals surface area contributed by atoms with Crippen molar-refractivity contribution in [3.05, 3.63) is 84.0 Å². The molecule has 0 aliphatic carbocycles. The number of carbonyl (C=O) groups is 3. The second-order valence-electron chi connectivity index (χ2n) is 6.41. The second kappa shape index (κ2) is 12.6. The second-order valence-corrected chi connectivity index (χ2v) is 6.41. The van der Waals surface area contributed by atoms with Crippen LogP contribution in [0.15, 0.2) is 72.8 Å². The quantitative estimate of drug-likeness (QED) is 0.296. The van der Waals surface area contributed by atoms with Crippen LogP contribution in [0.4, 0.5) is 0 Å². The van der Waals surface area contributed by atoms with Crippen LogP contribution in [0.5, 0.6) is 11.5 Å². The van der Waals surface area contributed by atoms with E-state index in [0.717, 1.165) is 0 Å². The zero-order chi connectivity index (χ0) is 23.4. The van der Waals surface area contributed by atoms with E-state index in [2.05, 4.69) is 17.9 Å². The molecule has 2 aromatic rings. The van der Waals surface area contributed by atoms with Crippen LogP contribution in [0.3, 0.4) is 0 Å². The van der Waals surface area contributed by atoms with Gasteiger partial charge in [-0.2, -0.15) is 0 Å². The number of rotatable bonds is 8. The molecule has 1 N–H and O–H groups in total. The van der Waals surface area contributed by atoms with Crippen LogP contribution in [0.1, 0.15) is 29.8 Å². The van der Waals surface area contributed by atoms with Crippen LogP contribution in [-0.2, 0) is 19.1 Å². The predicted octanol–water partition coefficient (Wildman–Crippen LogP) is 3.86. The number of benzene rings is 2. The Balaban J connectivity index is 0.000000592. The average Bonchev–Trinajstić information content (AvgIpc) is 2.76. The molecule has 0 aliphatic rings. The summed E-state index contributed by atoms with van der Waals surface area (Å²) in [4.78, 5) is 33.7. The number of ether oxygens (including phenoxy) is 3. The Morgan fingerprint density at radius 3 is 2.00 bits per heavy atom. The van der Waals surface area contributed by atoms with Gasteiger partial charge in [0.2, 0.25) is 0 Å². The summed E-state index contributed by atoms with van der Waals surface area (Å²) < 4.78 is 14.5. The SMILES string of the molecule is C=C(C)C(=O)OC.C=C(C)C(=O)OCCOc1ccc(C(=O)c2ccccc2)c(O)c1. The molecule has 0 aliphatic heterocycles. The summed E-state index contributed by atoms with van der Waals surface area (Å²) in [6, 6.07) is 13.1. The summed E-state index contributed by atoms with van der Waals surface area (Å²) in [7, 11) is 1.33. The number of phenols is 1. The Morgan fingerprint density at radius 1 is 0.903 bits per heavy atom. The van der Waals surface area contributed by atoms with Gasteiger partial charge in [0.05, 0.1) is 12.7 Å². The highest BCUT2D eigenvalue weighted by atomic mass is 16.6. The highest BCUT2D eigenvalue weighted by Crippen LogP contribution is 2.25. The van der Waals surface area contributed by atoms with E-state index in [1.54, 1.807) is 44.2 Å². The molecule has 7 nitrogen and oxygen atoms in total. The van der Waals surface area contributed by atoms with Crippen molar-refractivity contribution in [3.63, 3.8) is 0 Å². The normalized spacial score (nSPS) is 9.52. The highest BCUT2D eigenvalue weighted by Gasteiger charge is 2.14. The van der Waals surface area contributed by atoms with E-state index in [4.69, 9.17) is 9.47 Å². The van der Waals surface area contributed by atoms with Crippen molar-refractivity contribution in [3.8, 4) is 11.5 Å². The lowest BCUT2D eigenvalue weighted by atomic mass is 10.0. The maximum atomic E-state index is 12.3. The topological polar surface area (TPSA) is 99.1 Å². The Bertz CT molecular complexity index is 946. The molecule has 164 valence electrons. The van der Waals surface area contributed by atoms with Crippen LogP contribution in [0, 0.1) is 0 Å². The molecule has 2 rings (SSSR count). The van der Waals surface area contributed by atoms with Gasteiger partial charge < -0.3 is 19.3 Å². The smallest absolute Gasteiger partial charge is 0.333 e. The largest absolute Gasteiger partial charge is 0.507 e. The Morgan fingerprint density at radius 2 is 1.52 bits per heavy atom. The Hall–Kier alpha value is -3.87. The van der Waals surface area contributed by atoms with Gasteiger partial charge in [-0.15, -0.1) is 0 Å². The van der Waals surface area contributed by atoms with Crippen LogP contribution < -0.4 is 4.74 Å². The lowest BCUT2D eigenvalue weighted by Crippen LogP contribution is -2.12. The molecule has 0 radical (unpaired) electrons. The number of hydrogen-bond acceptors (Lipinski definition) is 7. The maximum absolute atomic E-state index is 12.3. The molecule has 0 amide bonds. The molecular weight excluding hydrogens is 400 g/mol. The van der Waals surface area contributed by atoms with Gasteiger partial charge in [0.1, 0.15) is 24.7 Å². The molecule has 7 heteroatoms. The first kappa shape index (κ1) is 25.2. The first-order valence-corrected chi connectivity index (χ1v) is 9.29. The summed E-state index contributed by atoms with van der Waals surface area (Å²) in [6.07, 6.45) is 0. The number of methoxy groups -OCH3 is 1. The predicted molar refractivity (Wildman–Crippen MR) is 116 cm³/mol. The molecule has 0 fully saturated rings. The van der Waals surface area contributed by atoms with Gasteiger partial charge in [-0.1, -0.05) is 43.5 Å². The number of hydrogen-bond donors (Lipinski definition) is 1. The van der Waals surface area contributed by atoms with Crippen molar-refractivity contribution < 1.29 is 33.7 Å². The monoisotopic (exact) mass is 426 g/mol. The van der Waals surface area contributed by atoms with Crippen molar-refractivity contribution in [1.82, 2.24) is 0 Å². The van der Waals surface area contributed by atoms with E-state index in [0.29, 0.717) is 22.5 Å². The van der Waals surface area contributed by atoms with E-state index in [9.17, 15) is 19.5 Å². The molecule has 0 saturated carbocycles. The number of aromatic hydroxyl groups is 1. The molecule has 31 heavy (non-hydrogen) atoms. The van der Waals surface area contributed by atoms with E-state index < -0.39 is 5.97 Å². The molecule has 0 saturated heterocycles. The van der Waals surface area contributed by atoms with Crippen molar-refractivity contribution in [1.29, 1.82) is 0 Å². The minimum atomic E-state index is -0.481. The molecule has 0 heterocycles. The third kappa shape index (κ3) is 8.57. The summed E-state index contributed by atoms with van der Waals surface area (Å²) in [6.45, 7) is 10.2. The summed E-state index contributed by atoms with van der Waals surface area (Å²) in [5, 5.41) is 10.0. The molecule has 0 spiro atoms. The number of carbonyl (C=O) groups excluding carboxylic acids is 3. The summed E-state index contributed by atoms with van der Waals surface area (Å²) >= 11 is 0. The molecule has 0 unspecified atom stereocenters. The molecule has 0 aromatic heterocycles. The van der Waals surface area contributed by atoms with Gasteiger partial charge in [-0.3, -0.25) is 4.79 Å². The number of phenolic OH excluding ortho intramolecular Hbond substituents is 1. The van der Waals surface area contributed by atoms with E-state index >= 15 is 0 Å². The Labute approximate surface area is 181 Å². The lowest BCUT2D eigenvalue weighted by Gasteiger charge is -2.09. The lowest BCUT2D eigenvalue weighted by molar-refractivity contribution is -0.139. The van der Waals surface area contributed by atoms with Gasteiger partial charge in [-0.25, -0.2) is 9.59 Å². The van der Waals surface area contributed by atoms with Crippen LogP contribution in [0.2, 0.25) is 0 Å². The maximum Gasteiger partial charge on any atom is 0.333 e. The fourth-order valence-electron chi connectivity index (χ4n) is 2.13. The van der Waals surface area contributed by atoms with Gasteiger partial charge in [0, 0.05) is 22.8 Å². The first-order chi connectivity index (χ1) is 14.7. The standard InChI is InChI=1S/C19H18O5.C5H8O2/c1-13(2)19(22)24-11-10-23-15-8-9-16(17(20)12-15)18(21)14-6-4-3-5-7-14;1-4(2)5(6)7-3/h3-9,12,20H,1,10-11H2,2H3;1H2,2-3H3. The van der Waals surface area contributed by atoms with Crippen LogP contribution in [0.25, 0.3) is 0 Å². The highest BCUT2D eigenvalue weighted by molar-refractivity contribution is 6.10. The van der Waals surface area contributed by atoms with E-state index in [1.165, 1.54) is 19.2 Å². The van der Waals surface area contributed by atoms with E-state index in [-0.39, 0.29) is 36.3 Å². The summed E-state index contributed by atoms with van der Waals surface area (Å²) in [5.74, 6) is -0.885. The zero-order valence-electron chi connectivity index (χ0n) is 17.8. The third-order valence-electron chi connectivity index (χ3n) is 3.72. The fourth-order valence-corrected chi connectivity index (χ4v) is 2.13. The molecular formula is C24H26O7. The summed E-state index contributed by atoms with van der Waals surface area (Å²) in [5.41, 5.74) is 1.44. The molecule has 2 aromatic carbocycles. The zero-order valence-corrected chi connectivity index (χ0v) is 17.8. The Kier molecular flexibility index (Phi) is 10.3.